The highest BCUT2D eigenvalue weighted by Gasteiger charge is 2.34. The van der Waals surface area contributed by atoms with Crippen molar-refractivity contribution in [2.45, 2.75) is 13.0 Å². The number of aromatic nitrogens is 2. The highest BCUT2D eigenvalue weighted by Crippen LogP contribution is 2.19. The third-order valence-corrected chi connectivity index (χ3v) is 5.60. The van der Waals surface area contributed by atoms with Gasteiger partial charge in [0.1, 0.15) is 0 Å². The summed E-state index contributed by atoms with van der Waals surface area (Å²) in [6, 6.07) is 7.90. The Morgan fingerprint density at radius 1 is 1.21 bits per heavy atom. The van der Waals surface area contributed by atoms with Crippen LogP contribution in [0.5, 0.6) is 0 Å². The zero-order valence-corrected chi connectivity index (χ0v) is 16.5. The van der Waals surface area contributed by atoms with Gasteiger partial charge in [-0.3, -0.25) is 14.5 Å². The molecule has 1 atom stereocenters. The van der Waals surface area contributed by atoms with Crippen molar-refractivity contribution in [2.75, 3.05) is 45.9 Å². The molecule has 1 aromatic heterocycles. The van der Waals surface area contributed by atoms with Crippen molar-refractivity contribution in [1.29, 1.82) is 0 Å². The highest BCUT2D eigenvalue weighted by molar-refractivity contribution is 5.89. The van der Waals surface area contributed by atoms with E-state index >= 15 is 0 Å². The summed E-state index contributed by atoms with van der Waals surface area (Å²) in [6.07, 6.45) is 5.63. The Balaban J connectivity index is 1.29. The molecule has 0 saturated carbocycles. The summed E-state index contributed by atoms with van der Waals surface area (Å²) in [6.45, 7) is 5.74. The number of imidazole rings is 1. The quantitative estimate of drug-likeness (QED) is 0.743. The van der Waals surface area contributed by atoms with Crippen molar-refractivity contribution in [1.82, 2.24) is 24.7 Å². The summed E-state index contributed by atoms with van der Waals surface area (Å²) in [7, 11) is 0. The molecule has 3 heterocycles. The van der Waals surface area contributed by atoms with E-state index in [9.17, 15) is 9.59 Å². The van der Waals surface area contributed by atoms with Gasteiger partial charge in [-0.2, -0.15) is 0 Å². The number of nitrogens with one attached hydrogen (secondary N) is 1. The first-order valence-corrected chi connectivity index (χ1v) is 10.1. The standard InChI is InChI=1S/C21H27N5O3/c27-20-13-18(15-25(20)8-7-24-9-11-29-12-10-24)21(28)23-14-17-3-1-2-4-19(17)26-6-5-22-16-26/h1-6,16,18H,7-15H2,(H,23,28). The lowest BCUT2D eigenvalue weighted by Crippen LogP contribution is -2.42. The second-order valence-corrected chi connectivity index (χ2v) is 7.51. The molecule has 2 amide bonds. The average Bonchev–Trinajstić information content (AvgIpc) is 3.41. The second kappa shape index (κ2) is 9.19. The topological polar surface area (TPSA) is 79.7 Å². The van der Waals surface area contributed by atoms with Crippen LogP contribution in [0.1, 0.15) is 12.0 Å². The maximum atomic E-state index is 12.7. The molecule has 154 valence electrons. The van der Waals surface area contributed by atoms with E-state index in [0.29, 0.717) is 19.6 Å². The van der Waals surface area contributed by atoms with Crippen LogP contribution in [-0.2, 0) is 20.9 Å². The molecule has 2 aliphatic heterocycles. The van der Waals surface area contributed by atoms with Crippen molar-refractivity contribution >= 4 is 11.8 Å². The van der Waals surface area contributed by atoms with E-state index in [0.717, 1.165) is 44.1 Å². The molecule has 8 nitrogen and oxygen atoms in total. The van der Waals surface area contributed by atoms with Gasteiger partial charge >= 0.3 is 0 Å². The Kier molecular flexibility index (Phi) is 6.21. The lowest BCUT2D eigenvalue weighted by atomic mass is 10.1. The first-order chi connectivity index (χ1) is 14.2. The largest absolute Gasteiger partial charge is 0.379 e. The molecular formula is C21H27N5O3. The summed E-state index contributed by atoms with van der Waals surface area (Å²) < 4.78 is 7.28. The monoisotopic (exact) mass is 397 g/mol. The number of likely N-dealkylation sites (tertiary alicyclic amines) is 1. The van der Waals surface area contributed by atoms with Gasteiger partial charge in [-0.25, -0.2) is 4.98 Å². The van der Waals surface area contributed by atoms with Crippen molar-refractivity contribution in [3.05, 3.63) is 48.5 Å². The molecule has 2 aliphatic rings. The average molecular weight is 397 g/mol. The number of nitrogens with zero attached hydrogens (tertiary/aromatic N) is 4. The third kappa shape index (κ3) is 4.83. The van der Waals surface area contributed by atoms with Crippen LogP contribution in [0, 0.1) is 5.92 Å². The number of benzene rings is 1. The van der Waals surface area contributed by atoms with Crippen molar-refractivity contribution in [3.63, 3.8) is 0 Å². The van der Waals surface area contributed by atoms with E-state index in [4.69, 9.17) is 4.74 Å². The number of hydrogen-bond donors (Lipinski definition) is 1. The maximum absolute atomic E-state index is 12.7. The van der Waals surface area contributed by atoms with Gasteiger partial charge in [-0.05, 0) is 11.6 Å². The zero-order chi connectivity index (χ0) is 20.1. The normalized spacial score (nSPS) is 20.2. The molecule has 29 heavy (non-hydrogen) atoms. The molecule has 2 fully saturated rings. The van der Waals surface area contributed by atoms with Gasteiger partial charge < -0.3 is 19.5 Å². The van der Waals surface area contributed by atoms with Gasteiger partial charge in [0.2, 0.25) is 11.8 Å². The summed E-state index contributed by atoms with van der Waals surface area (Å²) in [5, 5.41) is 3.01. The van der Waals surface area contributed by atoms with E-state index in [1.165, 1.54) is 0 Å². The van der Waals surface area contributed by atoms with E-state index < -0.39 is 0 Å². The Labute approximate surface area is 170 Å². The van der Waals surface area contributed by atoms with Crippen molar-refractivity contribution in [2.24, 2.45) is 5.92 Å². The molecule has 0 aliphatic carbocycles. The minimum Gasteiger partial charge on any atom is -0.379 e. The molecule has 2 aromatic rings. The van der Waals surface area contributed by atoms with E-state index in [1.54, 1.807) is 12.5 Å². The minimum absolute atomic E-state index is 0.0624. The summed E-state index contributed by atoms with van der Waals surface area (Å²) in [5.41, 5.74) is 1.99. The third-order valence-electron chi connectivity index (χ3n) is 5.60. The molecule has 1 N–H and O–H groups in total. The van der Waals surface area contributed by atoms with Crippen LogP contribution in [0.4, 0.5) is 0 Å². The molecule has 0 bridgehead atoms. The van der Waals surface area contributed by atoms with Gasteiger partial charge in [0.15, 0.2) is 0 Å². The highest BCUT2D eigenvalue weighted by atomic mass is 16.5. The van der Waals surface area contributed by atoms with E-state index in [2.05, 4.69) is 15.2 Å². The molecule has 1 unspecified atom stereocenters. The van der Waals surface area contributed by atoms with Gasteiger partial charge in [-0.1, -0.05) is 18.2 Å². The molecular weight excluding hydrogens is 370 g/mol. The molecule has 2 saturated heterocycles. The van der Waals surface area contributed by atoms with Crippen LogP contribution in [0.2, 0.25) is 0 Å². The van der Waals surface area contributed by atoms with Crippen LogP contribution in [0.15, 0.2) is 43.0 Å². The van der Waals surface area contributed by atoms with E-state index in [1.807, 2.05) is 39.9 Å². The number of carbonyl (C=O) groups excluding carboxylic acids is 2. The van der Waals surface area contributed by atoms with Crippen LogP contribution in [-0.4, -0.2) is 77.1 Å². The number of carbonyl (C=O) groups is 2. The number of morpholine rings is 1. The molecule has 1 aromatic carbocycles. The Hall–Kier alpha value is -2.71. The van der Waals surface area contributed by atoms with Crippen molar-refractivity contribution in [3.8, 4) is 5.69 Å². The van der Waals surface area contributed by atoms with Gasteiger partial charge in [0.05, 0.1) is 31.1 Å². The minimum atomic E-state index is -0.285. The lowest BCUT2D eigenvalue weighted by molar-refractivity contribution is -0.129. The zero-order valence-electron chi connectivity index (χ0n) is 16.5. The first kappa shape index (κ1) is 19.6. The number of rotatable bonds is 7. The van der Waals surface area contributed by atoms with E-state index in [-0.39, 0.29) is 24.2 Å². The van der Waals surface area contributed by atoms with Crippen LogP contribution >= 0.6 is 0 Å². The second-order valence-electron chi connectivity index (χ2n) is 7.51. The van der Waals surface area contributed by atoms with Crippen LogP contribution in [0.3, 0.4) is 0 Å². The van der Waals surface area contributed by atoms with Gasteiger partial charge in [0.25, 0.3) is 0 Å². The summed E-state index contributed by atoms with van der Waals surface area (Å²) in [4.78, 5) is 33.2. The number of amides is 2. The Bertz CT molecular complexity index is 833. The first-order valence-electron chi connectivity index (χ1n) is 10.1. The molecule has 0 radical (unpaired) electrons. The fraction of sp³-hybridized carbons (Fsp3) is 0.476. The summed E-state index contributed by atoms with van der Waals surface area (Å²) >= 11 is 0. The maximum Gasteiger partial charge on any atom is 0.225 e. The predicted octanol–water partition coefficient (Wildman–Crippen LogP) is 0.669. The number of hydrogen-bond acceptors (Lipinski definition) is 5. The number of para-hydroxylation sites is 1. The lowest BCUT2D eigenvalue weighted by Gasteiger charge is -2.28. The predicted molar refractivity (Wildman–Crippen MR) is 107 cm³/mol. The Morgan fingerprint density at radius 3 is 2.83 bits per heavy atom. The smallest absolute Gasteiger partial charge is 0.225 e. The van der Waals surface area contributed by atoms with Crippen LogP contribution < -0.4 is 5.32 Å². The van der Waals surface area contributed by atoms with Crippen LogP contribution in [0.25, 0.3) is 5.69 Å². The fourth-order valence-electron chi connectivity index (χ4n) is 3.89. The molecule has 8 heteroatoms. The molecule has 4 rings (SSSR count). The van der Waals surface area contributed by atoms with Gasteiger partial charge in [0, 0.05) is 58.1 Å². The SMILES string of the molecule is O=C(NCc1ccccc1-n1ccnc1)C1CC(=O)N(CCN2CCOCC2)C1. The van der Waals surface area contributed by atoms with Gasteiger partial charge in [-0.15, -0.1) is 0 Å². The fourth-order valence-corrected chi connectivity index (χ4v) is 3.89. The van der Waals surface area contributed by atoms with Crippen molar-refractivity contribution < 1.29 is 14.3 Å². The molecule has 0 spiro atoms. The number of ether oxygens (including phenoxy) is 1. The summed E-state index contributed by atoms with van der Waals surface area (Å²) in [5.74, 6) is -0.280. The Morgan fingerprint density at radius 2 is 2.03 bits per heavy atom.